The van der Waals surface area contributed by atoms with Gasteiger partial charge in [0, 0.05) is 42.1 Å². The zero-order valence-corrected chi connectivity index (χ0v) is 9.40. The Balaban J connectivity index is -0.000000320. The number of carboxylic acid groups (broad SMARTS) is 2. The van der Waals surface area contributed by atoms with E-state index in [4.69, 9.17) is 15.9 Å². The number of carbonyl (C=O) groups is 2. The molecule has 0 bridgehead atoms. The number of nitrogens with two attached hydrogens (primary N) is 1. The molecule has 0 radical (unpaired) electrons. The molecule has 0 aliphatic rings. The van der Waals surface area contributed by atoms with Gasteiger partial charge in [0.15, 0.2) is 0 Å². The van der Waals surface area contributed by atoms with Crippen molar-refractivity contribution < 1.29 is 61.9 Å². The molecule has 0 aromatic carbocycles. The molecular formula is C4H7Mo2NO4. The molecule has 0 fully saturated rings. The van der Waals surface area contributed by atoms with Crippen molar-refractivity contribution in [2.24, 2.45) is 5.73 Å². The van der Waals surface area contributed by atoms with Gasteiger partial charge in [-0.05, 0) is 0 Å². The molecule has 0 saturated heterocycles. The maximum atomic E-state index is 9.85. The van der Waals surface area contributed by atoms with E-state index in [0.717, 1.165) is 0 Å². The van der Waals surface area contributed by atoms with Gasteiger partial charge >= 0.3 is 11.9 Å². The quantitative estimate of drug-likeness (QED) is 0.570. The van der Waals surface area contributed by atoms with Crippen molar-refractivity contribution in [1.82, 2.24) is 0 Å². The smallest absolute Gasteiger partial charge is 0.321 e. The maximum absolute atomic E-state index is 9.85. The van der Waals surface area contributed by atoms with Crippen molar-refractivity contribution in [3.8, 4) is 0 Å². The van der Waals surface area contributed by atoms with Crippen LogP contribution in [-0.2, 0) is 51.7 Å². The third-order valence-corrected chi connectivity index (χ3v) is 0.712. The van der Waals surface area contributed by atoms with Gasteiger partial charge in [-0.1, -0.05) is 0 Å². The third kappa shape index (κ3) is 10.3. The van der Waals surface area contributed by atoms with Gasteiger partial charge in [-0.3, -0.25) is 9.59 Å². The van der Waals surface area contributed by atoms with E-state index in [2.05, 4.69) is 0 Å². The molecular weight excluding hydrogens is 318 g/mol. The van der Waals surface area contributed by atoms with Crippen molar-refractivity contribution in [1.29, 1.82) is 0 Å². The summed E-state index contributed by atoms with van der Waals surface area (Å²) in [6.07, 6.45) is -0.532. The molecule has 0 aromatic rings. The summed E-state index contributed by atoms with van der Waals surface area (Å²) in [6, 6.07) is -1.29. The first kappa shape index (κ1) is 17.4. The molecule has 0 aromatic heterocycles. The van der Waals surface area contributed by atoms with Crippen LogP contribution in [0.5, 0.6) is 0 Å². The Morgan fingerprint density at radius 1 is 1.27 bits per heavy atom. The topological polar surface area (TPSA) is 101 Å². The van der Waals surface area contributed by atoms with Crippen LogP contribution in [0.3, 0.4) is 0 Å². The van der Waals surface area contributed by atoms with Crippen molar-refractivity contribution >= 4 is 11.9 Å². The summed E-state index contributed by atoms with van der Waals surface area (Å²) >= 11 is 0. The van der Waals surface area contributed by atoms with E-state index in [1.165, 1.54) is 0 Å². The molecule has 0 rings (SSSR count). The zero-order valence-electron chi connectivity index (χ0n) is 5.39. The summed E-state index contributed by atoms with van der Waals surface area (Å²) in [5.74, 6) is -2.50. The van der Waals surface area contributed by atoms with Gasteiger partial charge in [0.05, 0.1) is 6.42 Å². The fraction of sp³-hybridized carbons (Fsp3) is 0.500. The molecule has 0 amide bonds. The molecule has 7 heteroatoms. The van der Waals surface area contributed by atoms with E-state index < -0.39 is 24.4 Å². The second-order valence-corrected chi connectivity index (χ2v) is 1.54. The van der Waals surface area contributed by atoms with Crippen LogP contribution in [0.25, 0.3) is 0 Å². The SMILES string of the molecule is N[C@@H](CC(=O)O)C(=O)O.[Mo].[Mo]. The van der Waals surface area contributed by atoms with Gasteiger partial charge in [0.25, 0.3) is 0 Å². The fourth-order valence-corrected chi connectivity index (χ4v) is 0.275. The summed E-state index contributed by atoms with van der Waals surface area (Å²) in [5.41, 5.74) is 4.84. The molecule has 1 atom stereocenters. The Bertz CT molecular complexity index is 140. The van der Waals surface area contributed by atoms with E-state index in [1.807, 2.05) is 0 Å². The average molecular weight is 325 g/mol. The van der Waals surface area contributed by atoms with Gasteiger partial charge < -0.3 is 15.9 Å². The molecule has 0 saturated carbocycles. The average Bonchev–Trinajstić information content (AvgIpc) is 1.63. The Morgan fingerprint density at radius 3 is 1.73 bits per heavy atom. The second-order valence-electron chi connectivity index (χ2n) is 1.54. The van der Waals surface area contributed by atoms with Crippen LogP contribution in [0.15, 0.2) is 0 Å². The minimum atomic E-state index is -1.29. The first-order chi connectivity index (χ1) is 4.04. The molecule has 0 aliphatic heterocycles. The minimum Gasteiger partial charge on any atom is -0.481 e. The maximum Gasteiger partial charge on any atom is 0.321 e. The van der Waals surface area contributed by atoms with E-state index >= 15 is 0 Å². The standard InChI is InChI=1S/C4H7NO4.2Mo/c5-2(4(8)9)1-3(6)7;;/h2H,1,5H2,(H,6,7)(H,8,9);;/t2-;;/m0../s1. The number of hydrogen-bond acceptors (Lipinski definition) is 3. The normalized spacial score (nSPS) is 10.3. The molecule has 0 unspecified atom stereocenters. The van der Waals surface area contributed by atoms with E-state index in [0.29, 0.717) is 0 Å². The van der Waals surface area contributed by atoms with Crippen LogP contribution < -0.4 is 5.73 Å². The molecule has 64 valence electrons. The van der Waals surface area contributed by atoms with Crippen LogP contribution in [0.2, 0.25) is 0 Å². The number of aliphatic carboxylic acids is 2. The van der Waals surface area contributed by atoms with Crippen molar-refractivity contribution in [2.75, 3.05) is 0 Å². The van der Waals surface area contributed by atoms with Crippen LogP contribution in [0.4, 0.5) is 0 Å². The molecule has 11 heavy (non-hydrogen) atoms. The van der Waals surface area contributed by atoms with Crippen LogP contribution >= 0.6 is 0 Å². The summed E-state index contributed by atoms with van der Waals surface area (Å²) in [4.78, 5) is 19.6. The Morgan fingerprint density at radius 2 is 1.64 bits per heavy atom. The molecule has 5 nitrogen and oxygen atoms in total. The van der Waals surface area contributed by atoms with Crippen LogP contribution in [0, 0.1) is 0 Å². The molecule has 0 spiro atoms. The summed E-state index contributed by atoms with van der Waals surface area (Å²) in [7, 11) is 0. The van der Waals surface area contributed by atoms with Crippen molar-refractivity contribution in [3.63, 3.8) is 0 Å². The van der Waals surface area contributed by atoms with Crippen LogP contribution in [0.1, 0.15) is 6.42 Å². The molecule has 0 heterocycles. The number of rotatable bonds is 3. The van der Waals surface area contributed by atoms with Crippen molar-refractivity contribution in [2.45, 2.75) is 12.5 Å². The fourth-order valence-electron chi connectivity index (χ4n) is 0.275. The van der Waals surface area contributed by atoms with Gasteiger partial charge in [0.2, 0.25) is 0 Å². The number of hydrogen-bond donors (Lipinski definition) is 3. The van der Waals surface area contributed by atoms with Gasteiger partial charge in [-0.2, -0.15) is 0 Å². The Kier molecular flexibility index (Phi) is 13.2. The third-order valence-electron chi connectivity index (χ3n) is 0.712. The summed E-state index contributed by atoms with van der Waals surface area (Å²) < 4.78 is 0. The zero-order chi connectivity index (χ0) is 7.44. The van der Waals surface area contributed by atoms with Gasteiger partial charge in [0.1, 0.15) is 6.04 Å². The van der Waals surface area contributed by atoms with E-state index in [9.17, 15) is 9.59 Å². The summed E-state index contributed by atoms with van der Waals surface area (Å²) in [5, 5.41) is 16.0. The van der Waals surface area contributed by atoms with Crippen LogP contribution in [-0.4, -0.2) is 28.2 Å². The molecule has 4 N–H and O–H groups in total. The molecule has 0 aliphatic carbocycles. The minimum absolute atomic E-state index is 0. The first-order valence-corrected chi connectivity index (χ1v) is 2.24. The Hall–Kier alpha value is 0.277. The van der Waals surface area contributed by atoms with Gasteiger partial charge in [-0.15, -0.1) is 0 Å². The Labute approximate surface area is 91.9 Å². The second kappa shape index (κ2) is 8.37. The van der Waals surface area contributed by atoms with E-state index in [-0.39, 0.29) is 42.1 Å². The van der Waals surface area contributed by atoms with Crippen molar-refractivity contribution in [3.05, 3.63) is 0 Å². The monoisotopic (exact) mass is 329 g/mol. The predicted octanol–water partition coefficient (Wildman–Crippen LogP) is -1.13. The number of carboxylic acids is 2. The summed E-state index contributed by atoms with van der Waals surface area (Å²) in [6.45, 7) is 0. The predicted molar refractivity (Wildman–Crippen MR) is 27.9 cm³/mol. The largest absolute Gasteiger partial charge is 0.481 e. The van der Waals surface area contributed by atoms with E-state index in [1.54, 1.807) is 0 Å². The van der Waals surface area contributed by atoms with Gasteiger partial charge in [-0.25, -0.2) is 0 Å². The first-order valence-electron chi connectivity index (χ1n) is 2.24.